The van der Waals surface area contributed by atoms with Gasteiger partial charge in [0.15, 0.2) is 0 Å². The average Bonchev–Trinajstić information content (AvgIpc) is 3.05. The second-order valence-corrected chi connectivity index (χ2v) is 8.07. The molecule has 1 aromatic carbocycles. The summed E-state index contributed by atoms with van der Waals surface area (Å²) in [6.45, 7) is 10.4. The van der Waals surface area contributed by atoms with Gasteiger partial charge in [0.2, 0.25) is 5.91 Å². The highest BCUT2D eigenvalue weighted by molar-refractivity contribution is 5.94. The molecule has 0 unspecified atom stereocenters. The number of methoxy groups -OCH3 is 1. The minimum Gasteiger partial charge on any atom is -0.382 e. The largest absolute Gasteiger partial charge is 0.382 e. The Morgan fingerprint density at radius 2 is 1.86 bits per heavy atom. The van der Waals surface area contributed by atoms with Crippen molar-refractivity contribution in [2.75, 3.05) is 38.3 Å². The zero-order valence-electron chi connectivity index (χ0n) is 18.2. The topological polar surface area (TPSA) is 50.6 Å². The lowest BCUT2D eigenvalue weighted by Crippen LogP contribution is -2.60. The van der Waals surface area contributed by atoms with Gasteiger partial charge in [-0.1, -0.05) is 25.1 Å². The molecule has 1 aliphatic heterocycles. The van der Waals surface area contributed by atoms with Crippen LogP contribution in [-0.4, -0.2) is 59.5 Å². The van der Waals surface area contributed by atoms with Crippen molar-refractivity contribution in [3.8, 4) is 0 Å². The standard InChI is InChI=1S/C23H34N4O2/c1-5-22(28)27(21-9-7-6-8-10-21)23(18-29-4)11-13-25(14-12-23)15-16-26-20(3)17-19(2)24-26/h6-10,17H,5,11-16,18H2,1-4H3. The van der Waals surface area contributed by atoms with Crippen LogP contribution in [-0.2, 0) is 16.1 Å². The molecule has 1 aromatic heterocycles. The maximum atomic E-state index is 13.0. The van der Waals surface area contributed by atoms with E-state index in [1.165, 1.54) is 5.69 Å². The lowest BCUT2D eigenvalue weighted by molar-refractivity contribution is -0.120. The van der Waals surface area contributed by atoms with Crippen molar-refractivity contribution >= 4 is 11.6 Å². The Hall–Kier alpha value is -2.18. The lowest BCUT2D eigenvalue weighted by atomic mass is 9.85. The first kappa shape index (κ1) is 21.5. The summed E-state index contributed by atoms with van der Waals surface area (Å²) in [6, 6.07) is 12.2. The molecule has 1 saturated heterocycles. The van der Waals surface area contributed by atoms with Crippen LogP contribution >= 0.6 is 0 Å². The predicted octanol–water partition coefficient (Wildman–Crippen LogP) is 3.42. The van der Waals surface area contributed by atoms with Crippen LogP contribution < -0.4 is 4.90 Å². The number of carbonyl (C=O) groups excluding carboxylic acids is 1. The van der Waals surface area contributed by atoms with E-state index < -0.39 is 0 Å². The number of benzene rings is 1. The Morgan fingerprint density at radius 1 is 1.17 bits per heavy atom. The molecule has 0 radical (unpaired) electrons. The number of carbonyl (C=O) groups is 1. The van der Waals surface area contributed by atoms with E-state index in [1.807, 2.05) is 49.1 Å². The summed E-state index contributed by atoms with van der Waals surface area (Å²) in [4.78, 5) is 17.5. The number of hydrogen-bond acceptors (Lipinski definition) is 4. The molecule has 0 atom stereocenters. The predicted molar refractivity (Wildman–Crippen MR) is 116 cm³/mol. The number of ether oxygens (including phenoxy) is 1. The normalized spacial score (nSPS) is 16.7. The van der Waals surface area contributed by atoms with Gasteiger partial charge in [-0.25, -0.2) is 0 Å². The Bertz CT molecular complexity index is 794. The molecule has 0 bridgehead atoms. The van der Waals surface area contributed by atoms with Crippen molar-refractivity contribution in [2.45, 2.75) is 52.1 Å². The summed E-state index contributed by atoms with van der Waals surface area (Å²) >= 11 is 0. The van der Waals surface area contributed by atoms with E-state index in [0.717, 1.165) is 50.4 Å². The van der Waals surface area contributed by atoms with Gasteiger partial charge < -0.3 is 14.5 Å². The summed E-state index contributed by atoms with van der Waals surface area (Å²) in [5.41, 5.74) is 2.94. The molecule has 0 N–H and O–H groups in total. The number of nitrogens with zero attached hydrogens (tertiary/aromatic N) is 4. The smallest absolute Gasteiger partial charge is 0.227 e. The number of aryl methyl sites for hydroxylation is 2. The first-order valence-electron chi connectivity index (χ1n) is 10.6. The molecule has 6 heteroatoms. The molecular weight excluding hydrogens is 364 g/mol. The van der Waals surface area contributed by atoms with Gasteiger partial charge in [0.25, 0.3) is 0 Å². The fourth-order valence-electron chi connectivity index (χ4n) is 4.45. The van der Waals surface area contributed by atoms with Crippen molar-refractivity contribution in [1.29, 1.82) is 0 Å². The van der Waals surface area contributed by atoms with Gasteiger partial charge in [0.05, 0.1) is 24.4 Å². The van der Waals surface area contributed by atoms with E-state index in [9.17, 15) is 4.79 Å². The SMILES string of the molecule is CCC(=O)N(c1ccccc1)C1(COC)CCN(CCn2nc(C)cc2C)CC1. The van der Waals surface area contributed by atoms with Crippen molar-refractivity contribution < 1.29 is 9.53 Å². The molecule has 3 rings (SSSR count). The van der Waals surface area contributed by atoms with Gasteiger partial charge in [0.1, 0.15) is 0 Å². The van der Waals surface area contributed by atoms with Crippen LogP contribution in [0.2, 0.25) is 0 Å². The number of likely N-dealkylation sites (tertiary alicyclic amines) is 1. The number of aromatic nitrogens is 2. The Morgan fingerprint density at radius 3 is 2.41 bits per heavy atom. The van der Waals surface area contributed by atoms with E-state index in [1.54, 1.807) is 7.11 Å². The monoisotopic (exact) mass is 398 g/mol. The molecule has 1 fully saturated rings. The van der Waals surface area contributed by atoms with Gasteiger partial charge >= 0.3 is 0 Å². The highest BCUT2D eigenvalue weighted by Gasteiger charge is 2.42. The number of rotatable bonds is 8. The third kappa shape index (κ3) is 4.87. The summed E-state index contributed by atoms with van der Waals surface area (Å²) in [6.07, 6.45) is 2.29. The third-order valence-electron chi connectivity index (χ3n) is 5.97. The van der Waals surface area contributed by atoms with Crippen LogP contribution in [0.4, 0.5) is 5.69 Å². The zero-order valence-corrected chi connectivity index (χ0v) is 18.2. The van der Waals surface area contributed by atoms with Crippen LogP contribution in [0, 0.1) is 13.8 Å². The molecule has 2 heterocycles. The molecule has 1 amide bonds. The molecule has 158 valence electrons. The summed E-state index contributed by atoms with van der Waals surface area (Å²) in [5.74, 6) is 0.157. The van der Waals surface area contributed by atoms with E-state index in [-0.39, 0.29) is 11.4 Å². The van der Waals surface area contributed by atoms with Crippen LogP contribution in [0.5, 0.6) is 0 Å². The first-order valence-corrected chi connectivity index (χ1v) is 10.6. The molecule has 29 heavy (non-hydrogen) atoms. The van der Waals surface area contributed by atoms with Gasteiger partial charge in [-0.3, -0.25) is 9.48 Å². The minimum atomic E-state index is -0.294. The second-order valence-electron chi connectivity index (χ2n) is 8.07. The van der Waals surface area contributed by atoms with Crippen LogP contribution in [0.1, 0.15) is 37.6 Å². The maximum absolute atomic E-state index is 13.0. The molecular formula is C23H34N4O2. The van der Waals surface area contributed by atoms with Gasteiger partial charge in [0, 0.05) is 44.5 Å². The fraction of sp³-hybridized carbons (Fsp3) is 0.565. The van der Waals surface area contributed by atoms with E-state index >= 15 is 0 Å². The molecule has 2 aromatic rings. The van der Waals surface area contributed by atoms with E-state index in [2.05, 4.69) is 27.7 Å². The summed E-state index contributed by atoms with van der Waals surface area (Å²) in [7, 11) is 1.73. The van der Waals surface area contributed by atoms with E-state index in [0.29, 0.717) is 13.0 Å². The number of hydrogen-bond donors (Lipinski definition) is 0. The van der Waals surface area contributed by atoms with Crippen LogP contribution in [0.3, 0.4) is 0 Å². The van der Waals surface area contributed by atoms with Gasteiger partial charge in [-0.05, 0) is 44.9 Å². The third-order valence-corrected chi connectivity index (χ3v) is 5.97. The minimum absolute atomic E-state index is 0.157. The zero-order chi connectivity index (χ0) is 20.9. The van der Waals surface area contributed by atoms with Gasteiger partial charge in [-0.15, -0.1) is 0 Å². The molecule has 0 spiro atoms. The fourth-order valence-corrected chi connectivity index (χ4v) is 4.45. The lowest BCUT2D eigenvalue weighted by Gasteiger charge is -2.48. The number of anilines is 1. The number of amides is 1. The Balaban J connectivity index is 1.72. The maximum Gasteiger partial charge on any atom is 0.227 e. The van der Waals surface area contributed by atoms with Gasteiger partial charge in [-0.2, -0.15) is 5.10 Å². The Labute approximate surface area is 174 Å². The average molecular weight is 399 g/mol. The molecule has 1 aliphatic rings. The van der Waals surface area contributed by atoms with Crippen LogP contribution in [0.15, 0.2) is 36.4 Å². The number of piperidine rings is 1. The second kappa shape index (κ2) is 9.55. The van der Waals surface area contributed by atoms with Crippen molar-refractivity contribution in [3.05, 3.63) is 47.8 Å². The summed E-state index contributed by atoms with van der Waals surface area (Å²) in [5, 5.41) is 4.57. The highest BCUT2D eigenvalue weighted by atomic mass is 16.5. The van der Waals surface area contributed by atoms with Crippen molar-refractivity contribution in [3.63, 3.8) is 0 Å². The van der Waals surface area contributed by atoms with Crippen molar-refractivity contribution in [1.82, 2.24) is 14.7 Å². The molecule has 6 nitrogen and oxygen atoms in total. The first-order chi connectivity index (χ1) is 14.0. The van der Waals surface area contributed by atoms with Crippen LogP contribution in [0.25, 0.3) is 0 Å². The summed E-state index contributed by atoms with van der Waals surface area (Å²) < 4.78 is 7.72. The molecule has 0 aliphatic carbocycles. The van der Waals surface area contributed by atoms with E-state index in [4.69, 9.17) is 4.74 Å². The Kier molecular flexibility index (Phi) is 7.09. The number of para-hydroxylation sites is 1. The quantitative estimate of drug-likeness (QED) is 0.684. The molecule has 0 saturated carbocycles. The van der Waals surface area contributed by atoms with Crippen molar-refractivity contribution in [2.24, 2.45) is 0 Å². The highest BCUT2D eigenvalue weighted by Crippen LogP contribution is 2.34.